The third-order valence-corrected chi connectivity index (χ3v) is 5.70. The van der Waals surface area contributed by atoms with Gasteiger partial charge in [-0.25, -0.2) is 8.91 Å². The molecular weight excluding hydrogens is 457 g/mol. The summed E-state index contributed by atoms with van der Waals surface area (Å²) in [5, 5.41) is 7.56. The van der Waals surface area contributed by atoms with E-state index in [2.05, 4.69) is 15.4 Å². The van der Waals surface area contributed by atoms with Crippen LogP contribution in [0.15, 0.2) is 71.5 Å². The number of carbonyl (C=O) groups is 1. The summed E-state index contributed by atoms with van der Waals surface area (Å²) in [6.07, 6.45) is 0. The minimum absolute atomic E-state index is 0.0364. The van der Waals surface area contributed by atoms with Crippen LogP contribution >= 0.6 is 11.6 Å². The van der Waals surface area contributed by atoms with Crippen molar-refractivity contribution in [3.05, 3.63) is 110 Å². The van der Waals surface area contributed by atoms with E-state index < -0.39 is 5.91 Å². The number of fused-ring (bicyclic) bond motifs is 3. The fourth-order valence-electron chi connectivity index (χ4n) is 3.86. The molecule has 0 saturated heterocycles. The van der Waals surface area contributed by atoms with E-state index >= 15 is 0 Å². The van der Waals surface area contributed by atoms with Crippen LogP contribution in [0.4, 0.5) is 4.39 Å². The van der Waals surface area contributed by atoms with Crippen LogP contribution in [0.2, 0.25) is 5.02 Å². The molecule has 0 unspecified atom stereocenters. The normalized spacial score (nSPS) is 11.3. The number of rotatable bonds is 5. The molecule has 5 aromatic rings. The highest BCUT2D eigenvalue weighted by Crippen LogP contribution is 2.18. The second-order valence-electron chi connectivity index (χ2n) is 8.00. The lowest BCUT2D eigenvalue weighted by atomic mass is 10.2. The van der Waals surface area contributed by atoms with E-state index in [0.717, 1.165) is 11.1 Å². The molecule has 0 radical (unpaired) electrons. The summed E-state index contributed by atoms with van der Waals surface area (Å²) in [5.41, 5.74) is 3.38. The monoisotopic (exact) mass is 475 g/mol. The number of nitrogens with zero attached hydrogens (tertiary/aromatic N) is 4. The van der Waals surface area contributed by atoms with Crippen LogP contribution in [0.25, 0.3) is 16.7 Å². The molecule has 2 aromatic heterocycles. The van der Waals surface area contributed by atoms with Crippen molar-refractivity contribution >= 4 is 34.2 Å². The van der Waals surface area contributed by atoms with Crippen molar-refractivity contribution in [2.75, 3.05) is 0 Å². The smallest absolute Gasteiger partial charge is 0.296 e. The quantitative estimate of drug-likeness (QED) is 0.414. The van der Waals surface area contributed by atoms with Gasteiger partial charge in [0.2, 0.25) is 11.5 Å². The van der Waals surface area contributed by atoms with Crippen LogP contribution in [-0.2, 0) is 13.1 Å². The lowest BCUT2D eigenvalue weighted by Crippen LogP contribution is -2.24. The summed E-state index contributed by atoms with van der Waals surface area (Å²) in [6, 6.07) is 18.9. The van der Waals surface area contributed by atoms with Gasteiger partial charge >= 0.3 is 0 Å². The van der Waals surface area contributed by atoms with E-state index in [1.54, 1.807) is 28.8 Å². The molecule has 0 spiro atoms. The van der Waals surface area contributed by atoms with Crippen LogP contribution in [0, 0.1) is 12.7 Å². The van der Waals surface area contributed by atoms with Gasteiger partial charge in [-0.15, -0.1) is 5.10 Å². The number of carbonyl (C=O) groups excluding carboxylic acids is 1. The summed E-state index contributed by atoms with van der Waals surface area (Å²) in [5.74, 6) is -1.09. The van der Waals surface area contributed by atoms with Crippen molar-refractivity contribution in [2.24, 2.45) is 0 Å². The summed E-state index contributed by atoms with van der Waals surface area (Å²) in [7, 11) is 0. The summed E-state index contributed by atoms with van der Waals surface area (Å²) in [6.45, 7) is 2.32. The largest absolute Gasteiger partial charge is 0.345 e. The minimum atomic E-state index is -0.561. The highest BCUT2D eigenvalue weighted by atomic mass is 35.5. The predicted molar refractivity (Wildman–Crippen MR) is 128 cm³/mol. The van der Waals surface area contributed by atoms with E-state index in [-0.39, 0.29) is 35.9 Å². The molecule has 3 aromatic carbocycles. The van der Waals surface area contributed by atoms with E-state index in [0.29, 0.717) is 21.6 Å². The van der Waals surface area contributed by atoms with Gasteiger partial charge in [-0.3, -0.25) is 14.2 Å². The standard InChI is InChI=1S/C25H19ClFN5O2/c1-15-8-9-20-21(10-15)31(14-17-5-2-6-18(26)11-17)25(34)23-29-22(30-32(20)23)24(33)28-13-16-4-3-7-19(27)12-16/h2-12H,13-14H2,1H3,(H,28,33). The van der Waals surface area contributed by atoms with Crippen LogP contribution in [0.1, 0.15) is 27.3 Å². The summed E-state index contributed by atoms with van der Waals surface area (Å²) < 4.78 is 16.4. The number of halogens is 2. The maximum Gasteiger partial charge on any atom is 0.296 e. The van der Waals surface area contributed by atoms with Gasteiger partial charge in [0.05, 0.1) is 17.6 Å². The summed E-state index contributed by atoms with van der Waals surface area (Å²) in [4.78, 5) is 30.4. The Morgan fingerprint density at radius 1 is 1.03 bits per heavy atom. The van der Waals surface area contributed by atoms with Gasteiger partial charge in [0.25, 0.3) is 11.5 Å². The third-order valence-electron chi connectivity index (χ3n) is 5.47. The van der Waals surface area contributed by atoms with Crippen molar-refractivity contribution in [3.8, 4) is 0 Å². The van der Waals surface area contributed by atoms with Gasteiger partial charge in [0, 0.05) is 11.6 Å². The molecule has 34 heavy (non-hydrogen) atoms. The van der Waals surface area contributed by atoms with Crippen LogP contribution in [0.5, 0.6) is 0 Å². The number of hydrogen-bond donors (Lipinski definition) is 1. The average molecular weight is 476 g/mol. The molecule has 0 aliphatic heterocycles. The van der Waals surface area contributed by atoms with Gasteiger partial charge in [0.1, 0.15) is 5.82 Å². The lowest BCUT2D eigenvalue weighted by molar-refractivity contribution is 0.0940. The Balaban J connectivity index is 1.57. The maximum absolute atomic E-state index is 13.4. The van der Waals surface area contributed by atoms with Gasteiger partial charge in [-0.2, -0.15) is 4.98 Å². The first-order valence-electron chi connectivity index (χ1n) is 10.6. The molecule has 0 aliphatic carbocycles. The SMILES string of the molecule is Cc1ccc2c(c1)n(Cc1cccc(Cl)c1)c(=O)c1nc(C(=O)NCc3cccc(F)c3)nn12. The van der Waals surface area contributed by atoms with E-state index in [1.807, 2.05) is 37.3 Å². The fraction of sp³-hybridized carbons (Fsp3) is 0.120. The number of benzene rings is 3. The molecule has 2 heterocycles. The number of amides is 1. The zero-order valence-corrected chi connectivity index (χ0v) is 18.9. The zero-order chi connectivity index (χ0) is 23.8. The minimum Gasteiger partial charge on any atom is -0.345 e. The van der Waals surface area contributed by atoms with E-state index in [4.69, 9.17) is 11.6 Å². The predicted octanol–water partition coefficient (Wildman–Crippen LogP) is 4.12. The van der Waals surface area contributed by atoms with Gasteiger partial charge < -0.3 is 5.32 Å². The van der Waals surface area contributed by atoms with Crippen molar-refractivity contribution in [3.63, 3.8) is 0 Å². The average Bonchev–Trinajstić information content (AvgIpc) is 3.26. The molecule has 1 N–H and O–H groups in total. The van der Waals surface area contributed by atoms with Crippen LogP contribution in [-0.4, -0.2) is 25.1 Å². The molecular formula is C25H19ClFN5O2. The van der Waals surface area contributed by atoms with Crippen LogP contribution in [0.3, 0.4) is 0 Å². The molecule has 5 rings (SSSR count). The molecule has 0 bridgehead atoms. The number of aromatic nitrogens is 4. The number of aryl methyl sites for hydroxylation is 1. The molecule has 0 fully saturated rings. The van der Waals surface area contributed by atoms with Crippen LogP contribution < -0.4 is 10.9 Å². The van der Waals surface area contributed by atoms with Crippen molar-refractivity contribution in [1.82, 2.24) is 24.5 Å². The molecule has 0 saturated carbocycles. The Kier molecular flexibility index (Phi) is 5.59. The van der Waals surface area contributed by atoms with Gasteiger partial charge in [0.15, 0.2) is 0 Å². The van der Waals surface area contributed by atoms with Crippen molar-refractivity contribution in [1.29, 1.82) is 0 Å². The molecule has 170 valence electrons. The second kappa shape index (κ2) is 8.72. The Labute approximate surface area is 198 Å². The van der Waals surface area contributed by atoms with E-state index in [1.165, 1.54) is 16.6 Å². The Morgan fingerprint density at radius 2 is 1.82 bits per heavy atom. The Hall–Kier alpha value is -4.04. The highest BCUT2D eigenvalue weighted by molar-refractivity contribution is 6.30. The molecule has 0 atom stereocenters. The lowest BCUT2D eigenvalue weighted by Gasteiger charge is -2.12. The number of hydrogen-bond acceptors (Lipinski definition) is 4. The van der Waals surface area contributed by atoms with Gasteiger partial charge in [-0.05, 0) is 60.0 Å². The first-order chi connectivity index (χ1) is 16.4. The van der Waals surface area contributed by atoms with Crippen molar-refractivity contribution in [2.45, 2.75) is 20.0 Å². The zero-order valence-electron chi connectivity index (χ0n) is 18.1. The number of nitrogens with one attached hydrogen (secondary N) is 1. The molecule has 7 nitrogen and oxygen atoms in total. The molecule has 1 amide bonds. The van der Waals surface area contributed by atoms with E-state index in [9.17, 15) is 14.0 Å². The molecule has 9 heteroatoms. The molecule has 0 aliphatic rings. The maximum atomic E-state index is 13.4. The summed E-state index contributed by atoms with van der Waals surface area (Å²) >= 11 is 6.13. The van der Waals surface area contributed by atoms with Gasteiger partial charge in [-0.1, -0.05) is 41.9 Å². The third kappa shape index (κ3) is 4.15. The topological polar surface area (TPSA) is 81.3 Å². The first kappa shape index (κ1) is 21.8. The first-order valence-corrected chi connectivity index (χ1v) is 10.9. The second-order valence-corrected chi connectivity index (χ2v) is 8.43. The highest BCUT2D eigenvalue weighted by Gasteiger charge is 2.19. The Bertz CT molecular complexity index is 1630. The Morgan fingerprint density at radius 3 is 2.62 bits per heavy atom. The van der Waals surface area contributed by atoms with Crippen molar-refractivity contribution < 1.29 is 9.18 Å². The fourth-order valence-corrected chi connectivity index (χ4v) is 4.07.